The molecule has 0 saturated heterocycles. The van der Waals surface area contributed by atoms with Crippen molar-refractivity contribution >= 4 is 11.5 Å². The molecule has 1 atom stereocenters. The van der Waals surface area contributed by atoms with Crippen molar-refractivity contribution in [3.05, 3.63) is 83.3 Å². The molecule has 0 amide bonds. The molecule has 28 heavy (non-hydrogen) atoms. The van der Waals surface area contributed by atoms with E-state index in [0.29, 0.717) is 22.9 Å². The monoisotopic (exact) mass is 374 g/mol. The summed E-state index contributed by atoms with van der Waals surface area (Å²) in [6, 6.07) is 17.4. The molecule has 6 nitrogen and oxygen atoms in total. The summed E-state index contributed by atoms with van der Waals surface area (Å²) in [6.07, 6.45) is -1.48. The number of aryl methyl sites for hydroxylation is 1. The maximum absolute atomic E-state index is 12.0. The molecular weight excluding hydrogens is 356 g/mol. The average molecular weight is 374 g/mol. The number of ether oxygens (including phenoxy) is 1. The molecular formula is C22H18N2O4. The van der Waals surface area contributed by atoms with Crippen LogP contribution >= 0.6 is 0 Å². The minimum absolute atomic E-state index is 0.0924. The van der Waals surface area contributed by atoms with Gasteiger partial charge in [0.25, 0.3) is 0 Å². The molecule has 2 aromatic carbocycles. The topological polar surface area (TPSA) is 84.0 Å². The molecule has 2 N–H and O–H groups in total. The van der Waals surface area contributed by atoms with Crippen LogP contribution in [-0.2, 0) is 0 Å². The van der Waals surface area contributed by atoms with Gasteiger partial charge in [0.1, 0.15) is 23.3 Å². The van der Waals surface area contributed by atoms with E-state index >= 15 is 0 Å². The van der Waals surface area contributed by atoms with Gasteiger partial charge >= 0.3 is 0 Å². The van der Waals surface area contributed by atoms with E-state index in [0.717, 1.165) is 11.1 Å². The Morgan fingerprint density at radius 3 is 2.50 bits per heavy atom. The molecule has 1 aromatic heterocycles. The van der Waals surface area contributed by atoms with Crippen molar-refractivity contribution in [3.8, 4) is 22.8 Å². The predicted molar refractivity (Wildman–Crippen MR) is 105 cm³/mol. The minimum atomic E-state index is -1.48. The summed E-state index contributed by atoms with van der Waals surface area (Å²) in [5.74, 6) is 0.644. The summed E-state index contributed by atoms with van der Waals surface area (Å²) in [6.45, 7) is 8.30. The number of benzene rings is 2. The van der Waals surface area contributed by atoms with Crippen molar-refractivity contribution in [1.29, 1.82) is 0 Å². The van der Waals surface area contributed by atoms with E-state index in [4.69, 9.17) is 16.4 Å². The van der Waals surface area contributed by atoms with Crippen molar-refractivity contribution in [1.82, 2.24) is 4.98 Å². The van der Waals surface area contributed by atoms with Gasteiger partial charge in [0.2, 0.25) is 5.78 Å². The highest BCUT2D eigenvalue weighted by Crippen LogP contribution is 2.29. The van der Waals surface area contributed by atoms with Crippen LogP contribution in [0.1, 0.15) is 16.1 Å². The second-order valence-electron chi connectivity index (χ2n) is 6.16. The Labute approximate surface area is 162 Å². The largest absolute Gasteiger partial charge is 0.457 e. The molecule has 1 heterocycles. The van der Waals surface area contributed by atoms with E-state index in [1.165, 1.54) is 6.07 Å². The predicted octanol–water partition coefficient (Wildman–Crippen LogP) is 3.94. The zero-order valence-electron chi connectivity index (χ0n) is 15.2. The van der Waals surface area contributed by atoms with Crippen LogP contribution in [0, 0.1) is 13.5 Å². The number of aliphatic hydroxyl groups is 2. The first-order chi connectivity index (χ1) is 13.5. The number of pyridine rings is 1. The van der Waals surface area contributed by atoms with Gasteiger partial charge in [0, 0.05) is 5.56 Å². The van der Waals surface area contributed by atoms with Crippen LogP contribution in [0.25, 0.3) is 16.1 Å². The molecule has 3 aromatic rings. The number of rotatable bonds is 6. The normalized spacial score (nSPS) is 11.5. The fraction of sp³-hybridized carbons (Fsp3) is 0.136. The lowest BCUT2D eigenvalue weighted by Gasteiger charge is -2.09. The number of ketones is 1. The molecule has 0 aliphatic heterocycles. The summed E-state index contributed by atoms with van der Waals surface area (Å²) >= 11 is 0. The number of Topliss-reactive ketones (excluding diaryl/α,β-unsaturated/α-hetero) is 1. The summed E-state index contributed by atoms with van der Waals surface area (Å²) in [4.78, 5) is 19.7. The third-order valence-electron chi connectivity index (χ3n) is 4.15. The van der Waals surface area contributed by atoms with E-state index in [1.807, 2.05) is 25.1 Å². The van der Waals surface area contributed by atoms with Crippen LogP contribution in [0.5, 0.6) is 11.5 Å². The number of aromatic nitrogens is 1. The molecule has 0 fully saturated rings. The number of hydrogen-bond acceptors (Lipinski definition) is 5. The van der Waals surface area contributed by atoms with Gasteiger partial charge in [0.15, 0.2) is 5.69 Å². The van der Waals surface area contributed by atoms with E-state index in [-0.39, 0.29) is 5.69 Å². The van der Waals surface area contributed by atoms with Crippen molar-refractivity contribution in [2.75, 3.05) is 6.61 Å². The second kappa shape index (κ2) is 8.44. The molecule has 0 aliphatic rings. The summed E-state index contributed by atoms with van der Waals surface area (Å²) in [7, 11) is 0. The Morgan fingerprint density at radius 1 is 1.14 bits per heavy atom. The Morgan fingerprint density at radius 2 is 1.86 bits per heavy atom. The molecule has 3 rings (SSSR count). The van der Waals surface area contributed by atoms with Crippen LogP contribution in [0.3, 0.4) is 0 Å². The highest BCUT2D eigenvalue weighted by atomic mass is 16.5. The molecule has 0 saturated carbocycles. The van der Waals surface area contributed by atoms with Crippen molar-refractivity contribution in [3.63, 3.8) is 0 Å². The van der Waals surface area contributed by atoms with Crippen LogP contribution in [0.2, 0.25) is 0 Å². The van der Waals surface area contributed by atoms with E-state index < -0.39 is 18.5 Å². The Kier molecular flexibility index (Phi) is 5.80. The van der Waals surface area contributed by atoms with Crippen LogP contribution in [0.4, 0.5) is 5.69 Å². The third-order valence-corrected chi connectivity index (χ3v) is 4.15. The lowest BCUT2D eigenvalue weighted by Crippen LogP contribution is -2.25. The van der Waals surface area contributed by atoms with Crippen molar-refractivity contribution in [2.45, 2.75) is 13.0 Å². The molecule has 0 radical (unpaired) electrons. The quantitative estimate of drug-likeness (QED) is 0.504. The highest BCUT2D eigenvalue weighted by molar-refractivity contribution is 5.98. The third kappa shape index (κ3) is 4.23. The van der Waals surface area contributed by atoms with E-state index in [1.54, 1.807) is 36.4 Å². The molecule has 0 aliphatic carbocycles. The van der Waals surface area contributed by atoms with Crippen molar-refractivity contribution < 1.29 is 19.7 Å². The maximum Gasteiger partial charge on any atom is 0.211 e. The summed E-state index contributed by atoms with van der Waals surface area (Å²) in [5.41, 5.74) is 2.88. The Bertz CT molecular complexity index is 1040. The van der Waals surface area contributed by atoms with Crippen molar-refractivity contribution in [2.24, 2.45) is 0 Å². The fourth-order valence-corrected chi connectivity index (χ4v) is 2.63. The van der Waals surface area contributed by atoms with Gasteiger partial charge in [-0.1, -0.05) is 12.1 Å². The average Bonchev–Trinajstić information content (AvgIpc) is 2.73. The SMILES string of the molecule is [C-]#[N+]c1ccc(Oc2ccc(-c3cccc(C(=O)[C@H](O)CO)n3)cc2)cc1C. The zero-order chi connectivity index (χ0) is 20.1. The molecule has 0 spiro atoms. The number of hydrogen-bond donors (Lipinski definition) is 2. The lowest BCUT2D eigenvalue weighted by molar-refractivity contribution is 0.0582. The fourth-order valence-electron chi connectivity index (χ4n) is 2.63. The number of nitrogens with zero attached hydrogens (tertiary/aromatic N) is 2. The first-order valence-corrected chi connectivity index (χ1v) is 8.58. The molecule has 140 valence electrons. The van der Waals surface area contributed by atoms with Gasteiger partial charge in [0.05, 0.1) is 18.9 Å². The zero-order valence-corrected chi connectivity index (χ0v) is 15.2. The summed E-state index contributed by atoms with van der Waals surface area (Å²) < 4.78 is 5.82. The number of carbonyl (C=O) groups excluding carboxylic acids is 1. The maximum atomic E-state index is 12.0. The molecule has 6 heteroatoms. The van der Waals surface area contributed by atoms with Crippen LogP contribution < -0.4 is 4.74 Å². The number of aliphatic hydroxyl groups excluding tert-OH is 2. The molecule has 0 bridgehead atoms. The van der Waals surface area contributed by atoms with Gasteiger partial charge < -0.3 is 14.9 Å². The van der Waals surface area contributed by atoms with Gasteiger partial charge in [-0.05, 0) is 61.0 Å². The Balaban J connectivity index is 1.79. The summed E-state index contributed by atoms with van der Waals surface area (Å²) in [5, 5.41) is 18.4. The van der Waals surface area contributed by atoms with E-state index in [9.17, 15) is 9.90 Å². The standard InChI is InChI=1S/C22H18N2O4/c1-14-12-17(10-11-18(14)23-2)28-16-8-6-15(7-9-16)19-4-3-5-20(24-19)22(27)21(26)13-25/h3-12,21,25-26H,13H2,1H3/t21-/m1/s1. The smallest absolute Gasteiger partial charge is 0.211 e. The molecule has 0 unspecified atom stereocenters. The minimum Gasteiger partial charge on any atom is -0.457 e. The highest BCUT2D eigenvalue weighted by Gasteiger charge is 2.17. The first kappa shape index (κ1) is 19.2. The van der Waals surface area contributed by atoms with Crippen LogP contribution in [-0.4, -0.2) is 33.7 Å². The number of carbonyl (C=O) groups is 1. The van der Waals surface area contributed by atoms with Gasteiger partial charge in [-0.25, -0.2) is 9.83 Å². The first-order valence-electron chi connectivity index (χ1n) is 8.58. The van der Waals surface area contributed by atoms with Gasteiger partial charge in [-0.3, -0.25) is 4.79 Å². The Hall–Kier alpha value is -3.53. The second-order valence-corrected chi connectivity index (χ2v) is 6.16. The van der Waals surface area contributed by atoms with Crippen LogP contribution in [0.15, 0.2) is 60.7 Å². The lowest BCUT2D eigenvalue weighted by atomic mass is 10.1. The van der Waals surface area contributed by atoms with Gasteiger partial charge in [-0.2, -0.15) is 0 Å². The van der Waals surface area contributed by atoms with Gasteiger partial charge in [-0.15, -0.1) is 0 Å². The van der Waals surface area contributed by atoms with E-state index in [2.05, 4.69) is 9.83 Å².